The predicted molar refractivity (Wildman–Crippen MR) is 39.2 cm³/mol. The van der Waals surface area contributed by atoms with Crippen molar-refractivity contribution in [2.45, 2.75) is 4.43 Å². The molecule has 0 aliphatic carbocycles. The van der Waals surface area contributed by atoms with Gasteiger partial charge in [0.25, 0.3) is 0 Å². The van der Waals surface area contributed by atoms with Gasteiger partial charge in [-0.2, -0.15) is 0 Å². The molecule has 0 N–H and O–H groups in total. The highest BCUT2D eigenvalue weighted by Gasteiger charge is 1.96. The number of alkyl halides is 1. The molecule has 0 fully saturated rings. The Bertz CT molecular complexity index is 176. The van der Waals surface area contributed by atoms with Crippen LogP contribution in [-0.4, -0.2) is 5.16 Å². The van der Waals surface area contributed by atoms with E-state index in [1.165, 1.54) is 0 Å². The monoisotopic (exact) mass is 243 g/mol. The molecule has 1 aromatic rings. The van der Waals surface area contributed by atoms with E-state index in [2.05, 4.69) is 27.7 Å². The van der Waals surface area contributed by atoms with Crippen LogP contribution in [0.25, 0.3) is 0 Å². The number of hydrogen-bond acceptors (Lipinski definition) is 2. The molecule has 0 radical (unpaired) electrons. The van der Waals surface area contributed by atoms with Crippen LogP contribution in [0, 0.1) is 0 Å². The maximum absolute atomic E-state index is 5.43. The van der Waals surface area contributed by atoms with Crippen LogP contribution in [0.4, 0.5) is 0 Å². The Morgan fingerprint density at radius 2 is 2.62 bits per heavy atom. The van der Waals surface area contributed by atoms with Crippen LogP contribution in [0.3, 0.4) is 0 Å². The first-order valence-corrected chi connectivity index (χ1v) is 3.90. The number of halogens is 2. The third-order valence-corrected chi connectivity index (χ3v) is 1.59. The summed E-state index contributed by atoms with van der Waals surface area (Å²) in [6.45, 7) is 0. The zero-order chi connectivity index (χ0) is 5.98. The van der Waals surface area contributed by atoms with Gasteiger partial charge in [-0.3, -0.25) is 0 Å². The van der Waals surface area contributed by atoms with Gasteiger partial charge in [-0.05, 0) is 0 Å². The zero-order valence-electron chi connectivity index (χ0n) is 3.90. The van der Waals surface area contributed by atoms with Crippen LogP contribution in [0.2, 0.25) is 5.15 Å². The summed E-state index contributed by atoms with van der Waals surface area (Å²) in [7, 11) is 0. The minimum Gasteiger partial charge on any atom is -0.359 e. The molecule has 2 nitrogen and oxygen atoms in total. The lowest BCUT2D eigenvalue weighted by Gasteiger charge is -1.74. The van der Waals surface area contributed by atoms with E-state index < -0.39 is 0 Å². The zero-order valence-corrected chi connectivity index (χ0v) is 6.81. The summed E-state index contributed by atoms with van der Waals surface area (Å²) in [5.41, 5.74) is 0. The second-order valence-corrected chi connectivity index (χ2v) is 2.40. The highest BCUT2D eigenvalue weighted by atomic mass is 127. The molecular formula is C4H3ClINO. The third-order valence-electron chi connectivity index (χ3n) is 0.662. The van der Waals surface area contributed by atoms with Gasteiger partial charge in [0.1, 0.15) is 5.76 Å². The summed E-state index contributed by atoms with van der Waals surface area (Å²) >= 11 is 7.61. The van der Waals surface area contributed by atoms with Crippen molar-refractivity contribution >= 4 is 34.2 Å². The van der Waals surface area contributed by atoms with Crippen molar-refractivity contribution in [1.82, 2.24) is 5.16 Å². The van der Waals surface area contributed by atoms with Gasteiger partial charge in [0.15, 0.2) is 5.15 Å². The molecule has 0 saturated carbocycles. The molecule has 44 valence electrons. The Morgan fingerprint density at radius 3 is 2.88 bits per heavy atom. The normalized spacial score (nSPS) is 9.75. The minimum absolute atomic E-state index is 0.427. The fourth-order valence-corrected chi connectivity index (χ4v) is 0.866. The fraction of sp³-hybridized carbons (Fsp3) is 0.250. The molecule has 0 amide bonds. The molecule has 1 heterocycles. The van der Waals surface area contributed by atoms with E-state index in [0.717, 1.165) is 10.2 Å². The maximum atomic E-state index is 5.43. The van der Waals surface area contributed by atoms with E-state index in [1.807, 2.05) is 0 Å². The molecule has 0 atom stereocenters. The predicted octanol–water partition coefficient (Wildman–Crippen LogP) is 2.26. The third kappa shape index (κ3) is 1.35. The smallest absolute Gasteiger partial charge is 0.172 e. The lowest BCUT2D eigenvalue weighted by Crippen LogP contribution is -1.62. The Morgan fingerprint density at radius 1 is 1.88 bits per heavy atom. The van der Waals surface area contributed by atoms with Gasteiger partial charge in [0.2, 0.25) is 0 Å². The largest absolute Gasteiger partial charge is 0.359 e. The highest BCUT2D eigenvalue weighted by molar-refractivity contribution is 14.1. The Hall–Kier alpha value is 0.230. The molecular weight excluding hydrogens is 240 g/mol. The van der Waals surface area contributed by atoms with E-state index in [-0.39, 0.29) is 0 Å². The molecule has 0 spiro atoms. The van der Waals surface area contributed by atoms with Gasteiger partial charge in [0.05, 0.1) is 4.43 Å². The number of nitrogens with zero attached hydrogens (tertiary/aromatic N) is 1. The van der Waals surface area contributed by atoms with Gasteiger partial charge < -0.3 is 4.52 Å². The summed E-state index contributed by atoms with van der Waals surface area (Å²) in [6, 6.07) is 1.70. The van der Waals surface area contributed by atoms with Crippen LogP contribution in [-0.2, 0) is 4.43 Å². The average Bonchev–Trinajstić information content (AvgIpc) is 2.14. The van der Waals surface area contributed by atoms with Gasteiger partial charge in [-0.15, -0.1) is 0 Å². The van der Waals surface area contributed by atoms with E-state index in [4.69, 9.17) is 16.1 Å². The van der Waals surface area contributed by atoms with E-state index in [0.29, 0.717) is 5.15 Å². The lowest BCUT2D eigenvalue weighted by molar-refractivity contribution is 0.397. The lowest BCUT2D eigenvalue weighted by atomic mass is 10.5. The molecule has 1 aromatic heterocycles. The van der Waals surface area contributed by atoms with Crippen LogP contribution >= 0.6 is 34.2 Å². The number of hydrogen-bond donors (Lipinski definition) is 0. The van der Waals surface area contributed by atoms with Crippen LogP contribution in [0.1, 0.15) is 5.76 Å². The summed E-state index contributed by atoms with van der Waals surface area (Å²) in [5.74, 6) is 0.815. The van der Waals surface area contributed by atoms with Crippen molar-refractivity contribution in [3.63, 3.8) is 0 Å². The quantitative estimate of drug-likeness (QED) is 0.558. The second kappa shape index (κ2) is 2.68. The van der Waals surface area contributed by atoms with Gasteiger partial charge >= 0.3 is 0 Å². The van der Waals surface area contributed by atoms with Gasteiger partial charge in [-0.1, -0.05) is 39.3 Å². The van der Waals surface area contributed by atoms with Crippen molar-refractivity contribution in [3.8, 4) is 0 Å². The van der Waals surface area contributed by atoms with Crippen LogP contribution in [0.15, 0.2) is 10.6 Å². The van der Waals surface area contributed by atoms with Crippen LogP contribution in [0.5, 0.6) is 0 Å². The Labute approximate surface area is 65.3 Å². The minimum atomic E-state index is 0.427. The maximum Gasteiger partial charge on any atom is 0.172 e. The molecule has 4 heteroatoms. The Kier molecular flexibility index (Phi) is 2.13. The first-order valence-electron chi connectivity index (χ1n) is 2.00. The van der Waals surface area contributed by atoms with Crippen molar-refractivity contribution in [3.05, 3.63) is 17.0 Å². The van der Waals surface area contributed by atoms with Gasteiger partial charge in [-0.25, -0.2) is 0 Å². The van der Waals surface area contributed by atoms with Crippen molar-refractivity contribution < 1.29 is 4.52 Å². The topological polar surface area (TPSA) is 26.0 Å². The number of aromatic nitrogens is 1. The standard InChI is InChI=1S/C4H3ClINO/c5-4-1-3(2-6)8-7-4/h1H,2H2. The van der Waals surface area contributed by atoms with Crippen molar-refractivity contribution in [2.75, 3.05) is 0 Å². The summed E-state index contributed by atoms with van der Waals surface area (Å²) in [5, 5.41) is 3.90. The van der Waals surface area contributed by atoms with E-state index >= 15 is 0 Å². The SMILES string of the molecule is Clc1cc(CI)on1. The summed E-state index contributed by atoms with van der Waals surface area (Å²) in [4.78, 5) is 0. The summed E-state index contributed by atoms with van der Waals surface area (Å²) in [6.07, 6.45) is 0. The van der Waals surface area contributed by atoms with Crippen LogP contribution < -0.4 is 0 Å². The molecule has 0 aliphatic heterocycles. The molecule has 1 rings (SSSR count). The van der Waals surface area contributed by atoms with Crippen molar-refractivity contribution in [1.29, 1.82) is 0 Å². The van der Waals surface area contributed by atoms with E-state index in [9.17, 15) is 0 Å². The van der Waals surface area contributed by atoms with Gasteiger partial charge in [0, 0.05) is 6.07 Å². The molecule has 0 unspecified atom stereocenters. The Balaban J connectivity index is 2.84. The molecule has 0 saturated heterocycles. The molecule has 0 aliphatic rings. The fourth-order valence-electron chi connectivity index (χ4n) is 0.351. The second-order valence-electron chi connectivity index (χ2n) is 1.25. The highest BCUT2D eigenvalue weighted by Crippen LogP contribution is 2.11. The van der Waals surface area contributed by atoms with E-state index in [1.54, 1.807) is 6.07 Å². The molecule has 8 heavy (non-hydrogen) atoms. The van der Waals surface area contributed by atoms with Crippen molar-refractivity contribution in [2.24, 2.45) is 0 Å². The first-order chi connectivity index (χ1) is 3.83. The average molecular weight is 243 g/mol. The summed E-state index contributed by atoms with van der Waals surface area (Å²) < 4.78 is 5.54. The molecule has 0 bridgehead atoms. The number of rotatable bonds is 1. The molecule has 0 aromatic carbocycles. The first kappa shape index (κ1) is 6.35.